The second-order valence-corrected chi connectivity index (χ2v) is 8.10. The summed E-state index contributed by atoms with van der Waals surface area (Å²) in [5.74, 6) is -0.124. The van der Waals surface area contributed by atoms with E-state index in [2.05, 4.69) is 9.55 Å². The standard InChI is InChI=1S/C18H21N3O3S/c1-5-20-12(2)10-14(13(20)3)17(22)11-21-16-9-7-6-8-15(16)19-18(21)25(4,23)24/h6-10H,5,11H2,1-4H3. The molecule has 0 aliphatic carbocycles. The zero-order chi connectivity index (χ0) is 18.4. The summed E-state index contributed by atoms with van der Waals surface area (Å²) in [7, 11) is -3.55. The number of hydrogen-bond acceptors (Lipinski definition) is 4. The second-order valence-electron chi connectivity index (χ2n) is 6.19. The molecule has 7 heteroatoms. The van der Waals surface area contributed by atoms with Gasteiger partial charge in [-0.15, -0.1) is 0 Å². The normalized spacial score (nSPS) is 12.0. The van der Waals surface area contributed by atoms with E-state index in [1.54, 1.807) is 24.3 Å². The van der Waals surface area contributed by atoms with E-state index in [1.165, 1.54) is 4.57 Å². The highest BCUT2D eigenvalue weighted by Crippen LogP contribution is 2.22. The van der Waals surface area contributed by atoms with Gasteiger partial charge in [-0.3, -0.25) is 4.79 Å². The highest BCUT2D eigenvalue weighted by Gasteiger charge is 2.23. The molecule has 0 saturated carbocycles. The maximum absolute atomic E-state index is 12.9. The molecule has 0 aliphatic heterocycles. The summed E-state index contributed by atoms with van der Waals surface area (Å²) in [4.78, 5) is 17.1. The van der Waals surface area contributed by atoms with Crippen molar-refractivity contribution in [2.24, 2.45) is 0 Å². The van der Waals surface area contributed by atoms with Gasteiger partial charge in [-0.05, 0) is 39.0 Å². The third-order valence-corrected chi connectivity index (χ3v) is 5.42. The van der Waals surface area contributed by atoms with Crippen molar-refractivity contribution in [3.63, 3.8) is 0 Å². The summed E-state index contributed by atoms with van der Waals surface area (Å²) >= 11 is 0. The number of aryl methyl sites for hydroxylation is 1. The number of carbonyl (C=O) groups excluding carboxylic acids is 1. The van der Waals surface area contributed by atoms with Crippen LogP contribution in [-0.4, -0.2) is 34.6 Å². The molecule has 0 spiro atoms. The van der Waals surface area contributed by atoms with Crippen molar-refractivity contribution in [2.75, 3.05) is 6.26 Å². The van der Waals surface area contributed by atoms with E-state index in [4.69, 9.17) is 0 Å². The van der Waals surface area contributed by atoms with Crippen molar-refractivity contribution in [3.05, 3.63) is 47.3 Å². The van der Waals surface area contributed by atoms with Crippen molar-refractivity contribution < 1.29 is 13.2 Å². The third kappa shape index (κ3) is 3.00. The first kappa shape index (κ1) is 17.4. The molecule has 2 heterocycles. The molecule has 0 fully saturated rings. The summed E-state index contributed by atoms with van der Waals surface area (Å²) in [6.07, 6.45) is 1.11. The van der Waals surface area contributed by atoms with E-state index in [1.807, 2.05) is 26.8 Å². The van der Waals surface area contributed by atoms with E-state index in [9.17, 15) is 13.2 Å². The van der Waals surface area contributed by atoms with Gasteiger partial charge in [0.25, 0.3) is 0 Å². The first-order valence-corrected chi connectivity index (χ1v) is 9.98. The minimum Gasteiger partial charge on any atom is -0.349 e. The van der Waals surface area contributed by atoms with Gasteiger partial charge < -0.3 is 9.13 Å². The van der Waals surface area contributed by atoms with Gasteiger partial charge >= 0.3 is 0 Å². The quantitative estimate of drug-likeness (QED) is 0.657. The topological polar surface area (TPSA) is 74.0 Å². The van der Waals surface area contributed by atoms with Crippen molar-refractivity contribution >= 4 is 26.7 Å². The van der Waals surface area contributed by atoms with E-state index in [0.29, 0.717) is 16.6 Å². The lowest BCUT2D eigenvalue weighted by atomic mass is 10.1. The predicted octanol–water partition coefficient (Wildman–Crippen LogP) is 2.76. The molecule has 0 bridgehead atoms. The highest BCUT2D eigenvalue weighted by molar-refractivity contribution is 7.90. The number of benzene rings is 1. The van der Waals surface area contributed by atoms with Gasteiger partial charge in [-0.1, -0.05) is 12.1 Å². The van der Waals surface area contributed by atoms with Crippen LogP contribution in [0.2, 0.25) is 0 Å². The number of para-hydroxylation sites is 2. The Hall–Kier alpha value is -2.41. The Morgan fingerprint density at radius 1 is 1.16 bits per heavy atom. The average Bonchev–Trinajstić information content (AvgIpc) is 3.05. The first-order valence-electron chi connectivity index (χ1n) is 8.09. The molecule has 0 aliphatic rings. The molecule has 0 unspecified atom stereocenters. The summed E-state index contributed by atoms with van der Waals surface area (Å²) in [5.41, 5.74) is 3.74. The summed E-state index contributed by atoms with van der Waals surface area (Å²) < 4.78 is 27.8. The molecule has 25 heavy (non-hydrogen) atoms. The van der Waals surface area contributed by atoms with Crippen LogP contribution in [0.1, 0.15) is 28.7 Å². The number of fused-ring (bicyclic) bond motifs is 1. The molecule has 3 rings (SSSR count). The second kappa shape index (κ2) is 6.15. The average molecular weight is 359 g/mol. The zero-order valence-electron chi connectivity index (χ0n) is 14.8. The molecule has 2 aromatic heterocycles. The first-order chi connectivity index (χ1) is 11.7. The molecule has 132 valence electrons. The Kier molecular flexibility index (Phi) is 4.28. The molecule has 0 N–H and O–H groups in total. The predicted molar refractivity (Wildman–Crippen MR) is 96.8 cm³/mol. The van der Waals surface area contributed by atoms with Crippen LogP contribution in [0, 0.1) is 13.8 Å². The van der Waals surface area contributed by atoms with Crippen LogP contribution < -0.4 is 0 Å². The lowest BCUT2D eigenvalue weighted by molar-refractivity contribution is 0.0969. The monoisotopic (exact) mass is 359 g/mol. The Bertz CT molecular complexity index is 1070. The van der Waals surface area contributed by atoms with Crippen molar-refractivity contribution in [2.45, 2.75) is 39.0 Å². The minimum absolute atomic E-state index is 0.0586. The fraction of sp³-hybridized carbons (Fsp3) is 0.333. The van der Waals surface area contributed by atoms with Crippen molar-refractivity contribution in [1.29, 1.82) is 0 Å². The molecule has 1 aromatic carbocycles. The van der Waals surface area contributed by atoms with Crippen LogP contribution in [-0.2, 0) is 22.9 Å². The van der Waals surface area contributed by atoms with E-state index in [0.717, 1.165) is 24.2 Å². The molecule has 0 amide bonds. The molecule has 6 nitrogen and oxygen atoms in total. The maximum Gasteiger partial charge on any atom is 0.228 e. The summed E-state index contributed by atoms with van der Waals surface area (Å²) in [6, 6.07) is 8.98. The molecule has 0 radical (unpaired) electrons. The number of rotatable bonds is 5. The van der Waals surface area contributed by atoms with E-state index >= 15 is 0 Å². The van der Waals surface area contributed by atoms with Gasteiger partial charge in [0, 0.05) is 29.8 Å². The van der Waals surface area contributed by atoms with Crippen LogP contribution in [0.4, 0.5) is 0 Å². The van der Waals surface area contributed by atoms with Crippen molar-refractivity contribution in [1.82, 2.24) is 14.1 Å². The largest absolute Gasteiger partial charge is 0.349 e. The Morgan fingerprint density at radius 3 is 2.44 bits per heavy atom. The Morgan fingerprint density at radius 2 is 1.84 bits per heavy atom. The lowest BCUT2D eigenvalue weighted by Gasteiger charge is -2.08. The van der Waals surface area contributed by atoms with Gasteiger partial charge in [0.1, 0.15) is 0 Å². The van der Waals surface area contributed by atoms with E-state index in [-0.39, 0.29) is 17.5 Å². The number of sulfone groups is 1. The molecule has 0 saturated heterocycles. The third-order valence-electron chi connectivity index (χ3n) is 4.44. The smallest absolute Gasteiger partial charge is 0.228 e. The summed E-state index contributed by atoms with van der Waals surface area (Å²) in [6.45, 7) is 6.62. The van der Waals surface area contributed by atoms with Crippen LogP contribution in [0.3, 0.4) is 0 Å². The van der Waals surface area contributed by atoms with E-state index < -0.39 is 9.84 Å². The Labute approximate surface area is 147 Å². The number of imidazole rings is 1. The lowest BCUT2D eigenvalue weighted by Crippen LogP contribution is -2.16. The highest BCUT2D eigenvalue weighted by atomic mass is 32.2. The number of nitrogens with zero attached hydrogens (tertiary/aromatic N) is 3. The number of aromatic nitrogens is 3. The number of ketones is 1. The fourth-order valence-corrected chi connectivity index (χ4v) is 4.12. The van der Waals surface area contributed by atoms with Gasteiger partial charge in [-0.2, -0.15) is 0 Å². The van der Waals surface area contributed by atoms with Crippen LogP contribution in [0.25, 0.3) is 11.0 Å². The zero-order valence-corrected chi connectivity index (χ0v) is 15.6. The Balaban J connectivity index is 2.10. The number of hydrogen-bond donors (Lipinski definition) is 0. The molecular formula is C18H21N3O3S. The summed E-state index contributed by atoms with van der Waals surface area (Å²) in [5, 5.41) is -0.0775. The number of Topliss-reactive ketones (excluding diaryl/α,β-unsaturated/α-hetero) is 1. The van der Waals surface area contributed by atoms with Crippen LogP contribution >= 0.6 is 0 Å². The minimum atomic E-state index is -3.55. The van der Waals surface area contributed by atoms with Crippen LogP contribution in [0.5, 0.6) is 0 Å². The van der Waals surface area contributed by atoms with Gasteiger partial charge in [0.15, 0.2) is 5.78 Å². The molecule has 3 aromatic rings. The molecular weight excluding hydrogens is 338 g/mol. The number of carbonyl (C=O) groups is 1. The van der Waals surface area contributed by atoms with Crippen molar-refractivity contribution in [3.8, 4) is 0 Å². The molecule has 0 atom stereocenters. The van der Waals surface area contributed by atoms with Gasteiger partial charge in [-0.25, -0.2) is 13.4 Å². The van der Waals surface area contributed by atoms with Gasteiger partial charge in [0.05, 0.1) is 17.6 Å². The van der Waals surface area contributed by atoms with Crippen LogP contribution in [0.15, 0.2) is 35.5 Å². The fourth-order valence-electron chi connectivity index (χ4n) is 3.29. The maximum atomic E-state index is 12.9. The van der Waals surface area contributed by atoms with Gasteiger partial charge in [0.2, 0.25) is 15.0 Å². The SMILES string of the molecule is CCn1c(C)cc(C(=O)Cn2c(S(C)(=O)=O)nc3ccccc32)c1C.